The van der Waals surface area contributed by atoms with E-state index in [0.717, 1.165) is 12.5 Å². The smallest absolute Gasteiger partial charge is 0.409 e. The molecule has 0 saturated carbocycles. The van der Waals surface area contributed by atoms with Crippen molar-refractivity contribution in [2.24, 2.45) is 4.99 Å². The Hall–Kier alpha value is -1.98. The molecule has 1 aliphatic rings. The molecular weight excluding hydrogens is 479 g/mol. The van der Waals surface area contributed by atoms with Crippen molar-refractivity contribution in [1.29, 1.82) is 0 Å². The minimum atomic E-state index is -0.423. The molecule has 1 aromatic rings. The monoisotopic (exact) mass is 508 g/mol. The molecule has 158 valence electrons. The lowest BCUT2D eigenvalue weighted by atomic mass is 10.2. The fourth-order valence-electron chi connectivity index (χ4n) is 2.83. The number of carbonyl (C=O) groups is 2. The number of hydrogen-bond donors (Lipinski definition) is 1. The molecule has 1 aliphatic heterocycles. The van der Waals surface area contributed by atoms with Crippen LogP contribution in [-0.2, 0) is 16.0 Å². The van der Waals surface area contributed by atoms with E-state index in [0.29, 0.717) is 56.4 Å². The Bertz CT molecular complexity index is 684. The summed E-state index contributed by atoms with van der Waals surface area (Å²) in [6, 6.07) is 1.66. The molecule has 1 saturated heterocycles. The molecule has 9 nitrogen and oxygen atoms in total. The SMILES string of the molecule is CCNC(=NCc1cc(C(=O)OC)c(C)o1)N1CCN(C(=O)OCC)CC1.I. The van der Waals surface area contributed by atoms with Crippen molar-refractivity contribution < 1.29 is 23.5 Å². The standard InChI is InChI=1S/C18H28N4O5.HI/c1-5-19-17(21-7-9-22(10-8-21)18(24)26-6-2)20-12-14-11-15(13(3)27-14)16(23)25-4;/h11H,5-10,12H2,1-4H3,(H,19,20);1H. The maximum atomic E-state index is 11.8. The van der Waals surface area contributed by atoms with Gasteiger partial charge < -0.3 is 29.0 Å². The molecule has 2 rings (SSSR count). The van der Waals surface area contributed by atoms with E-state index in [9.17, 15) is 9.59 Å². The van der Waals surface area contributed by atoms with E-state index < -0.39 is 5.97 Å². The summed E-state index contributed by atoms with van der Waals surface area (Å²) < 4.78 is 15.4. The molecule has 1 N–H and O–H groups in total. The van der Waals surface area contributed by atoms with Crippen molar-refractivity contribution >= 4 is 42.0 Å². The lowest BCUT2D eigenvalue weighted by Gasteiger charge is -2.35. The fourth-order valence-corrected chi connectivity index (χ4v) is 2.83. The van der Waals surface area contributed by atoms with Gasteiger partial charge in [-0.05, 0) is 26.8 Å². The summed E-state index contributed by atoms with van der Waals surface area (Å²) in [7, 11) is 1.34. The van der Waals surface area contributed by atoms with Gasteiger partial charge >= 0.3 is 12.1 Å². The van der Waals surface area contributed by atoms with Crippen molar-refractivity contribution in [2.45, 2.75) is 27.3 Å². The summed E-state index contributed by atoms with van der Waals surface area (Å²) in [5.41, 5.74) is 0.413. The van der Waals surface area contributed by atoms with Gasteiger partial charge in [0, 0.05) is 32.7 Å². The van der Waals surface area contributed by atoms with Gasteiger partial charge in [-0.15, -0.1) is 24.0 Å². The maximum absolute atomic E-state index is 11.8. The number of nitrogens with zero attached hydrogens (tertiary/aromatic N) is 3. The molecule has 1 fully saturated rings. The van der Waals surface area contributed by atoms with Crippen LogP contribution in [0, 0.1) is 6.92 Å². The summed E-state index contributed by atoms with van der Waals surface area (Å²) in [5.74, 6) is 1.43. The van der Waals surface area contributed by atoms with Gasteiger partial charge in [-0.3, -0.25) is 0 Å². The van der Waals surface area contributed by atoms with E-state index >= 15 is 0 Å². The number of amides is 1. The Kier molecular flexibility index (Phi) is 10.1. The van der Waals surface area contributed by atoms with Gasteiger partial charge in [0.15, 0.2) is 5.96 Å². The van der Waals surface area contributed by atoms with Gasteiger partial charge in [0.05, 0.1) is 13.7 Å². The van der Waals surface area contributed by atoms with Gasteiger partial charge in [-0.25, -0.2) is 14.6 Å². The summed E-state index contributed by atoms with van der Waals surface area (Å²) in [5, 5.41) is 3.26. The van der Waals surface area contributed by atoms with E-state index in [-0.39, 0.29) is 30.1 Å². The van der Waals surface area contributed by atoms with Crippen LogP contribution in [0.4, 0.5) is 4.79 Å². The van der Waals surface area contributed by atoms with E-state index in [2.05, 4.69) is 15.2 Å². The predicted molar refractivity (Wildman–Crippen MR) is 115 cm³/mol. The van der Waals surface area contributed by atoms with Crippen LogP contribution in [0.2, 0.25) is 0 Å². The lowest BCUT2D eigenvalue weighted by Crippen LogP contribution is -2.53. The normalized spacial score (nSPS) is 14.4. The van der Waals surface area contributed by atoms with Gasteiger partial charge in [-0.2, -0.15) is 0 Å². The number of piperazine rings is 1. The summed E-state index contributed by atoms with van der Waals surface area (Å²) >= 11 is 0. The zero-order chi connectivity index (χ0) is 19.8. The highest BCUT2D eigenvalue weighted by Crippen LogP contribution is 2.16. The average molecular weight is 508 g/mol. The molecule has 0 aliphatic carbocycles. The number of ether oxygens (including phenoxy) is 2. The van der Waals surface area contributed by atoms with Crippen molar-refractivity contribution in [3.63, 3.8) is 0 Å². The van der Waals surface area contributed by atoms with Crippen LogP contribution in [0.1, 0.15) is 35.7 Å². The third-order valence-electron chi connectivity index (χ3n) is 4.20. The molecule has 1 amide bonds. The zero-order valence-electron chi connectivity index (χ0n) is 16.8. The van der Waals surface area contributed by atoms with Crippen molar-refractivity contribution in [3.05, 3.63) is 23.2 Å². The number of nitrogens with one attached hydrogen (secondary N) is 1. The highest BCUT2D eigenvalue weighted by Gasteiger charge is 2.24. The molecular formula is C18H29IN4O5. The first-order chi connectivity index (χ1) is 13.0. The third kappa shape index (κ3) is 6.28. The molecule has 0 bridgehead atoms. The van der Waals surface area contributed by atoms with Crippen LogP contribution in [-0.4, -0.2) is 74.3 Å². The zero-order valence-corrected chi connectivity index (χ0v) is 19.1. The molecule has 0 atom stereocenters. The number of esters is 1. The van der Waals surface area contributed by atoms with Crippen molar-refractivity contribution in [1.82, 2.24) is 15.1 Å². The first-order valence-electron chi connectivity index (χ1n) is 9.12. The van der Waals surface area contributed by atoms with Gasteiger partial charge in [0.1, 0.15) is 23.6 Å². The predicted octanol–water partition coefficient (Wildman–Crippen LogP) is 2.23. The molecule has 0 aromatic carbocycles. The Morgan fingerprint density at radius 1 is 1.21 bits per heavy atom. The number of aryl methyl sites for hydroxylation is 1. The van der Waals surface area contributed by atoms with Gasteiger partial charge in [0.25, 0.3) is 0 Å². The molecule has 28 heavy (non-hydrogen) atoms. The molecule has 10 heteroatoms. The Morgan fingerprint density at radius 3 is 2.43 bits per heavy atom. The average Bonchev–Trinajstić information content (AvgIpc) is 3.05. The van der Waals surface area contributed by atoms with E-state index in [1.54, 1.807) is 24.8 Å². The number of methoxy groups -OCH3 is 1. The molecule has 1 aromatic heterocycles. The summed E-state index contributed by atoms with van der Waals surface area (Å²) in [4.78, 5) is 31.9. The maximum Gasteiger partial charge on any atom is 0.409 e. The van der Waals surface area contributed by atoms with Crippen LogP contribution in [0.3, 0.4) is 0 Å². The number of rotatable bonds is 5. The number of halogens is 1. The van der Waals surface area contributed by atoms with Crippen LogP contribution < -0.4 is 5.32 Å². The van der Waals surface area contributed by atoms with Crippen LogP contribution in [0.25, 0.3) is 0 Å². The topological polar surface area (TPSA) is 96.6 Å². The molecule has 2 heterocycles. The second-order valence-electron chi connectivity index (χ2n) is 6.02. The highest BCUT2D eigenvalue weighted by atomic mass is 127. The minimum Gasteiger partial charge on any atom is -0.465 e. The van der Waals surface area contributed by atoms with E-state index in [1.165, 1.54) is 7.11 Å². The van der Waals surface area contributed by atoms with Crippen LogP contribution in [0.15, 0.2) is 15.5 Å². The highest BCUT2D eigenvalue weighted by molar-refractivity contribution is 14.0. The number of furan rings is 1. The van der Waals surface area contributed by atoms with Crippen molar-refractivity contribution in [2.75, 3.05) is 46.4 Å². The van der Waals surface area contributed by atoms with Crippen LogP contribution in [0.5, 0.6) is 0 Å². The summed E-state index contributed by atoms with van der Waals surface area (Å²) in [6.45, 7) is 9.40. The van der Waals surface area contributed by atoms with Crippen molar-refractivity contribution in [3.8, 4) is 0 Å². The summed E-state index contributed by atoms with van der Waals surface area (Å²) in [6.07, 6.45) is -0.277. The largest absolute Gasteiger partial charge is 0.465 e. The number of hydrogen-bond acceptors (Lipinski definition) is 6. The Labute approximate surface area is 182 Å². The van der Waals surface area contributed by atoms with E-state index in [4.69, 9.17) is 13.9 Å². The number of aliphatic imine (C=N–C) groups is 1. The first-order valence-corrected chi connectivity index (χ1v) is 9.12. The molecule has 0 spiro atoms. The Morgan fingerprint density at radius 2 is 1.86 bits per heavy atom. The van der Waals surface area contributed by atoms with Crippen LogP contribution >= 0.6 is 24.0 Å². The minimum absolute atomic E-state index is 0. The quantitative estimate of drug-likeness (QED) is 0.282. The molecule has 0 unspecified atom stereocenters. The second-order valence-corrected chi connectivity index (χ2v) is 6.02. The lowest BCUT2D eigenvalue weighted by molar-refractivity contribution is 0.0598. The first kappa shape index (κ1) is 24.1. The van der Waals surface area contributed by atoms with E-state index in [1.807, 2.05) is 6.92 Å². The van der Waals surface area contributed by atoms with Gasteiger partial charge in [0.2, 0.25) is 0 Å². The number of carbonyl (C=O) groups excluding carboxylic acids is 2. The van der Waals surface area contributed by atoms with Gasteiger partial charge in [-0.1, -0.05) is 0 Å². The third-order valence-corrected chi connectivity index (χ3v) is 4.20. The fraction of sp³-hybridized carbons (Fsp3) is 0.611. The Balaban J connectivity index is 0.00000392. The molecule has 0 radical (unpaired) electrons. The number of guanidine groups is 1. The second kappa shape index (κ2) is 11.8.